The van der Waals surface area contributed by atoms with Crippen molar-refractivity contribution in [3.8, 4) is 0 Å². The van der Waals surface area contributed by atoms with Crippen LogP contribution >= 0.6 is 0 Å². The molecule has 0 aliphatic rings. The van der Waals surface area contributed by atoms with Crippen LogP contribution in [0.15, 0.2) is 36.4 Å². The number of nitro groups is 1. The molecule has 1 aromatic carbocycles. The number of hydrogen-bond donors (Lipinski definition) is 1. The number of rotatable bonds is 3. The summed E-state index contributed by atoms with van der Waals surface area (Å²) in [5.74, 6) is -1.40. The monoisotopic (exact) mass is 275 g/mol. The fraction of sp³-hybridized carbons (Fsp3) is 0.0769. The van der Waals surface area contributed by atoms with Crippen molar-refractivity contribution in [3.63, 3.8) is 0 Å². The van der Waals surface area contributed by atoms with Gasteiger partial charge in [-0.25, -0.2) is 4.98 Å². The summed E-state index contributed by atoms with van der Waals surface area (Å²) in [6.07, 6.45) is 0. The number of hydrogen-bond acceptors (Lipinski definition) is 4. The van der Waals surface area contributed by atoms with Crippen LogP contribution < -0.4 is 5.32 Å². The summed E-state index contributed by atoms with van der Waals surface area (Å²) >= 11 is 0. The third-order valence-electron chi connectivity index (χ3n) is 2.63. The van der Waals surface area contributed by atoms with Gasteiger partial charge in [0.05, 0.1) is 10.6 Å². The van der Waals surface area contributed by atoms with E-state index in [0.29, 0.717) is 5.56 Å². The standard InChI is InChI=1S/C13H10FN3O3/c1-8-5-6-9(17(19)20)7-11(8)16-13(18)10-3-2-4-12(14)15-10/h2-7H,1H3,(H,16,18). The van der Waals surface area contributed by atoms with Crippen molar-refractivity contribution in [3.05, 3.63) is 63.7 Å². The molecule has 20 heavy (non-hydrogen) atoms. The average molecular weight is 275 g/mol. The molecule has 1 aromatic heterocycles. The molecule has 2 rings (SSSR count). The Bertz CT molecular complexity index is 688. The summed E-state index contributed by atoms with van der Waals surface area (Å²) in [4.78, 5) is 25.5. The predicted octanol–water partition coefficient (Wildman–Crippen LogP) is 2.69. The van der Waals surface area contributed by atoms with Gasteiger partial charge in [0, 0.05) is 12.1 Å². The highest BCUT2D eigenvalue weighted by Crippen LogP contribution is 2.22. The van der Waals surface area contributed by atoms with Crippen LogP contribution in [0.25, 0.3) is 0 Å². The summed E-state index contributed by atoms with van der Waals surface area (Å²) in [6, 6.07) is 7.93. The van der Waals surface area contributed by atoms with Crippen LogP contribution in [0.2, 0.25) is 0 Å². The topological polar surface area (TPSA) is 85.1 Å². The number of benzene rings is 1. The Morgan fingerprint density at radius 2 is 2.10 bits per heavy atom. The Balaban J connectivity index is 2.27. The number of carbonyl (C=O) groups excluding carboxylic acids is 1. The maximum Gasteiger partial charge on any atom is 0.274 e. The first kappa shape index (κ1) is 13.6. The largest absolute Gasteiger partial charge is 0.320 e. The number of carbonyl (C=O) groups is 1. The van der Waals surface area contributed by atoms with Crippen molar-refractivity contribution in [1.82, 2.24) is 4.98 Å². The molecule has 1 heterocycles. The van der Waals surface area contributed by atoms with Crippen molar-refractivity contribution in [2.45, 2.75) is 6.92 Å². The highest BCUT2D eigenvalue weighted by molar-refractivity contribution is 6.03. The Kier molecular flexibility index (Phi) is 3.69. The molecule has 0 radical (unpaired) electrons. The van der Waals surface area contributed by atoms with Crippen LogP contribution in [0, 0.1) is 23.0 Å². The summed E-state index contributed by atoms with van der Waals surface area (Å²) in [7, 11) is 0. The van der Waals surface area contributed by atoms with Crippen molar-refractivity contribution >= 4 is 17.3 Å². The molecule has 0 spiro atoms. The first-order valence-electron chi connectivity index (χ1n) is 5.66. The van der Waals surface area contributed by atoms with E-state index in [1.165, 1.54) is 30.3 Å². The van der Waals surface area contributed by atoms with Crippen molar-refractivity contribution in [2.24, 2.45) is 0 Å². The molecule has 6 nitrogen and oxygen atoms in total. The average Bonchev–Trinajstić information content (AvgIpc) is 2.41. The molecule has 1 amide bonds. The third-order valence-corrected chi connectivity index (χ3v) is 2.63. The number of non-ortho nitro benzene ring substituents is 1. The van der Waals surface area contributed by atoms with Gasteiger partial charge in [0.2, 0.25) is 5.95 Å². The molecule has 0 fully saturated rings. The van der Waals surface area contributed by atoms with Gasteiger partial charge in [0.25, 0.3) is 11.6 Å². The number of nitrogens with one attached hydrogen (secondary N) is 1. The Hall–Kier alpha value is -2.83. The summed E-state index contributed by atoms with van der Waals surface area (Å²) in [5.41, 5.74) is 0.699. The lowest BCUT2D eigenvalue weighted by atomic mass is 10.1. The number of nitrogens with zero attached hydrogens (tertiary/aromatic N) is 2. The number of halogens is 1. The fourth-order valence-electron chi connectivity index (χ4n) is 1.58. The Labute approximate surface area is 113 Å². The van der Waals surface area contributed by atoms with Crippen molar-refractivity contribution in [1.29, 1.82) is 0 Å². The number of amides is 1. The molecular formula is C13H10FN3O3. The van der Waals surface area contributed by atoms with E-state index in [1.807, 2.05) is 0 Å². The number of pyridine rings is 1. The molecule has 0 aliphatic carbocycles. The second-order valence-corrected chi connectivity index (χ2v) is 4.06. The Morgan fingerprint density at radius 3 is 2.75 bits per heavy atom. The van der Waals surface area contributed by atoms with Crippen molar-refractivity contribution < 1.29 is 14.1 Å². The Morgan fingerprint density at radius 1 is 1.35 bits per heavy atom. The molecule has 0 bridgehead atoms. The van der Waals surface area contributed by atoms with Crippen LogP contribution in [0.3, 0.4) is 0 Å². The van der Waals surface area contributed by atoms with Gasteiger partial charge in [0.15, 0.2) is 0 Å². The second kappa shape index (κ2) is 5.43. The molecular weight excluding hydrogens is 265 g/mol. The second-order valence-electron chi connectivity index (χ2n) is 4.06. The van der Waals surface area contributed by atoms with E-state index in [9.17, 15) is 19.3 Å². The highest BCUT2D eigenvalue weighted by Gasteiger charge is 2.13. The lowest BCUT2D eigenvalue weighted by Gasteiger charge is -2.07. The van der Waals surface area contributed by atoms with Crippen LogP contribution in [0.1, 0.15) is 16.1 Å². The normalized spacial score (nSPS) is 10.1. The molecule has 1 N–H and O–H groups in total. The first-order chi connectivity index (χ1) is 9.47. The minimum absolute atomic E-state index is 0.101. The smallest absolute Gasteiger partial charge is 0.274 e. The molecule has 0 unspecified atom stereocenters. The molecule has 7 heteroatoms. The quantitative estimate of drug-likeness (QED) is 0.530. The molecule has 2 aromatic rings. The molecule has 0 aliphatic heterocycles. The van der Waals surface area contributed by atoms with E-state index in [4.69, 9.17) is 0 Å². The zero-order valence-electron chi connectivity index (χ0n) is 10.5. The van der Waals surface area contributed by atoms with E-state index >= 15 is 0 Å². The maximum atomic E-state index is 12.9. The minimum Gasteiger partial charge on any atom is -0.320 e. The molecule has 0 saturated heterocycles. The summed E-state index contributed by atoms with van der Waals surface area (Å²) < 4.78 is 12.9. The van der Waals surface area contributed by atoms with E-state index in [-0.39, 0.29) is 17.1 Å². The summed E-state index contributed by atoms with van der Waals surface area (Å²) in [6.45, 7) is 1.69. The van der Waals surface area contributed by atoms with Crippen LogP contribution in [-0.4, -0.2) is 15.8 Å². The minimum atomic E-state index is -0.770. The highest BCUT2D eigenvalue weighted by atomic mass is 19.1. The lowest BCUT2D eigenvalue weighted by molar-refractivity contribution is -0.384. The van der Waals surface area contributed by atoms with Gasteiger partial charge in [-0.15, -0.1) is 0 Å². The van der Waals surface area contributed by atoms with Crippen LogP contribution in [-0.2, 0) is 0 Å². The van der Waals surface area contributed by atoms with E-state index < -0.39 is 16.8 Å². The molecule has 102 valence electrons. The van der Waals surface area contributed by atoms with E-state index in [0.717, 1.165) is 6.07 Å². The van der Waals surface area contributed by atoms with Crippen LogP contribution in [0.5, 0.6) is 0 Å². The van der Waals surface area contributed by atoms with Gasteiger partial charge in [-0.05, 0) is 24.6 Å². The molecule has 0 atom stereocenters. The predicted molar refractivity (Wildman–Crippen MR) is 70.0 cm³/mol. The third kappa shape index (κ3) is 2.94. The van der Waals surface area contributed by atoms with Gasteiger partial charge >= 0.3 is 0 Å². The number of aromatic nitrogens is 1. The first-order valence-corrected chi connectivity index (χ1v) is 5.66. The van der Waals surface area contributed by atoms with Gasteiger partial charge in [-0.2, -0.15) is 4.39 Å². The van der Waals surface area contributed by atoms with Gasteiger partial charge in [0.1, 0.15) is 5.69 Å². The SMILES string of the molecule is Cc1ccc([N+](=O)[O-])cc1NC(=O)c1cccc(F)n1. The van der Waals surface area contributed by atoms with Crippen molar-refractivity contribution in [2.75, 3.05) is 5.32 Å². The van der Waals surface area contributed by atoms with Gasteiger partial charge in [-0.1, -0.05) is 12.1 Å². The molecule has 0 saturated carbocycles. The van der Waals surface area contributed by atoms with E-state index in [2.05, 4.69) is 10.3 Å². The fourth-order valence-corrected chi connectivity index (χ4v) is 1.58. The van der Waals surface area contributed by atoms with Gasteiger partial charge < -0.3 is 5.32 Å². The number of nitro benzene ring substituents is 1. The lowest BCUT2D eigenvalue weighted by Crippen LogP contribution is -2.15. The maximum absolute atomic E-state index is 12.9. The zero-order valence-corrected chi connectivity index (χ0v) is 10.5. The summed E-state index contributed by atoms with van der Waals surface area (Å²) in [5, 5.41) is 13.2. The van der Waals surface area contributed by atoms with Gasteiger partial charge in [-0.3, -0.25) is 14.9 Å². The number of anilines is 1. The van der Waals surface area contributed by atoms with E-state index in [1.54, 1.807) is 6.92 Å². The zero-order chi connectivity index (χ0) is 14.7. The number of aryl methyl sites for hydroxylation is 1. The van der Waals surface area contributed by atoms with Crippen LogP contribution in [0.4, 0.5) is 15.8 Å².